The molecule has 0 fully saturated rings. The van der Waals surface area contributed by atoms with Crippen LogP contribution in [0.2, 0.25) is 0 Å². The molecule has 1 aromatic heterocycles. The third-order valence-corrected chi connectivity index (χ3v) is 4.64. The van der Waals surface area contributed by atoms with Crippen LogP contribution in [0.5, 0.6) is 0 Å². The fourth-order valence-corrected chi connectivity index (χ4v) is 3.18. The Kier molecular flexibility index (Phi) is 3.85. The van der Waals surface area contributed by atoms with Crippen molar-refractivity contribution in [1.82, 2.24) is 10.2 Å². The van der Waals surface area contributed by atoms with Gasteiger partial charge in [-0.2, -0.15) is 0 Å². The molecule has 1 aliphatic heterocycles. The summed E-state index contributed by atoms with van der Waals surface area (Å²) >= 11 is 1.74. The zero-order chi connectivity index (χ0) is 13.9. The summed E-state index contributed by atoms with van der Waals surface area (Å²) < 4.78 is 0. The third-order valence-electron chi connectivity index (χ3n) is 3.70. The minimum Gasteiger partial charge on any atom is -0.341 e. The van der Waals surface area contributed by atoms with E-state index in [-0.39, 0.29) is 5.91 Å². The molecule has 0 radical (unpaired) electrons. The summed E-state index contributed by atoms with van der Waals surface area (Å²) in [6, 6.07) is 10.2. The molecular formula is C16H18N2OS. The SMILES string of the molecule is CN(CCc1cccs1)C(=O)c1ccc2c(c1)CNC2. The number of carbonyl (C=O) groups is 1. The Morgan fingerprint density at radius 1 is 1.30 bits per heavy atom. The van der Waals surface area contributed by atoms with Crippen LogP contribution in [-0.2, 0) is 19.5 Å². The molecule has 1 amide bonds. The molecule has 104 valence electrons. The molecule has 1 N–H and O–H groups in total. The van der Waals surface area contributed by atoms with E-state index in [4.69, 9.17) is 0 Å². The number of likely N-dealkylation sites (N-methyl/N-ethyl adjacent to an activating group) is 1. The summed E-state index contributed by atoms with van der Waals surface area (Å²) in [6.45, 7) is 2.54. The van der Waals surface area contributed by atoms with E-state index in [9.17, 15) is 4.79 Å². The molecule has 0 unspecified atom stereocenters. The first-order chi connectivity index (χ1) is 9.74. The van der Waals surface area contributed by atoms with Gasteiger partial charge in [0.05, 0.1) is 0 Å². The maximum absolute atomic E-state index is 12.4. The number of hydrogen-bond donors (Lipinski definition) is 1. The first-order valence-electron chi connectivity index (χ1n) is 6.84. The number of benzene rings is 1. The van der Waals surface area contributed by atoms with Crippen LogP contribution in [0.1, 0.15) is 26.4 Å². The van der Waals surface area contributed by atoms with Gasteiger partial charge in [-0.3, -0.25) is 4.79 Å². The van der Waals surface area contributed by atoms with Crippen LogP contribution in [0.4, 0.5) is 0 Å². The highest BCUT2D eigenvalue weighted by Gasteiger charge is 2.16. The van der Waals surface area contributed by atoms with Gasteiger partial charge in [-0.05, 0) is 41.1 Å². The third kappa shape index (κ3) is 2.76. The van der Waals surface area contributed by atoms with E-state index in [1.807, 2.05) is 24.1 Å². The second-order valence-electron chi connectivity index (χ2n) is 5.14. The Hall–Kier alpha value is -1.65. The average molecular weight is 286 g/mol. The molecular weight excluding hydrogens is 268 g/mol. The number of hydrogen-bond acceptors (Lipinski definition) is 3. The maximum atomic E-state index is 12.4. The lowest BCUT2D eigenvalue weighted by atomic mass is 10.1. The first-order valence-corrected chi connectivity index (χ1v) is 7.72. The highest BCUT2D eigenvalue weighted by atomic mass is 32.1. The number of nitrogens with one attached hydrogen (secondary N) is 1. The number of fused-ring (bicyclic) bond motifs is 1. The molecule has 2 aromatic rings. The van der Waals surface area contributed by atoms with Gasteiger partial charge in [0.2, 0.25) is 0 Å². The fourth-order valence-electron chi connectivity index (χ4n) is 2.48. The lowest BCUT2D eigenvalue weighted by Gasteiger charge is -2.17. The predicted octanol–water partition coefficient (Wildman–Crippen LogP) is 2.67. The van der Waals surface area contributed by atoms with Crippen molar-refractivity contribution < 1.29 is 4.79 Å². The maximum Gasteiger partial charge on any atom is 0.253 e. The van der Waals surface area contributed by atoms with Gasteiger partial charge in [-0.15, -0.1) is 11.3 Å². The van der Waals surface area contributed by atoms with E-state index in [2.05, 4.69) is 28.9 Å². The van der Waals surface area contributed by atoms with Crippen LogP contribution < -0.4 is 5.32 Å². The second-order valence-corrected chi connectivity index (χ2v) is 6.18. The number of rotatable bonds is 4. The fraction of sp³-hybridized carbons (Fsp3) is 0.312. The van der Waals surface area contributed by atoms with Crippen molar-refractivity contribution in [2.45, 2.75) is 19.5 Å². The van der Waals surface area contributed by atoms with Crippen molar-refractivity contribution in [3.63, 3.8) is 0 Å². The van der Waals surface area contributed by atoms with Gasteiger partial charge in [-0.25, -0.2) is 0 Å². The van der Waals surface area contributed by atoms with Crippen LogP contribution in [0, 0.1) is 0 Å². The molecule has 0 bridgehead atoms. The molecule has 0 atom stereocenters. The summed E-state index contributed by atoms with van der Waals surface area (Å²) in [5.74, 6) is 0.108. The second kappa shape index (κ2) is 5.77. The molecule has 3 rings (SSSR count). The van der Waals surface area contributed by atoms with E-state index >= 15 is 0 Å². The Morgan fingerprint density at radius 3 is 2.95 bits per heavy atom. The molecule has 0 aliphatic carbocycles. The summed E-state index contributed by atoms with van der Waals surface area (Å²) in [5, 5.41) is 5.38. The normalized spacial score (nSPS) is 13.2. The van der Waals surface area contributed by atoms with Gasteiger partial charge in [0.1, 0.15) is 0 Å². The van der Waals surface area contributed by atoms with E-state index < -0.39 is 0 Å². The number of thiophene rings is 1. The number of nitrogens with zero attached hydrogens (tertiary/aromatic N) is 1. The van der Waals surface area contributed by atoms with Crippen LogP contribution in [-0.4, -0.2) is 24.4 Å². The Morgan fingerprint density at radius 2 is 2.15 bits per heavy atom. The molecule has 0 spiro atoms. The van der Waals surface area contributed by atoms with E-state index in [1.165, 1.54) is 16.0 Å². The molecule has 3 nitrogen and oxygen atoms in total. The van der Waals surface area contributed by atoms with Crippen molar-refractivity contribution in [1.29, 1.82) is 0 Å². The van der Waals surface area contributed by atoms with Crippen LogP contribution >= 0.6 is 11.3 Å². The molecule has 20 heavy (non-hydrogen) atoms. The number of carbonyl (C=O) groups excluding carboxylic acids is 1. The summed E-state index contributed by atoms with van der Waals surface area (Å²) in [7, 11) is 1.88. The molecule has 4 heteroatoms. The Bertz CT molecular complexity index is 607. The van der Waals surface area contributed by atoms with Gasteiger partial charge < -0.3 is 10.2 Å². The van der Waals surface area contributed by atoms with Gasteiger partial charge in [0.25, 0.3) is 5.91 Å². The molecule has 0 saturated carbocycles. The lowest BCUT2D eigenvalue weighted by Crippen LogP contribution is -2.28. The highest BCUT2D eigenvalue weighted by Crippen LogP contribution is 2.18. The monoisotopic (exact) mass is 286 g/mol. The summed E-state index contributed by atoms with van der Waals surface area (Å²) in [5.41, 5.74) is 3.35. The highest BCUT2D eigenvalue weighted by molar-refractivity contribution is 7.09. The minimum atomic E-state index is 0.108. The minimum absolute atomic E-state index is 0.108. The van der Waals surface area contributed by atoms with Crippen molar-refractivity contribution in [2.75, 3.05) is 13.6 Å². The molecule has 0 saturated heterocycles. The smallest absolute Gasteiger partial charge is 0.253 e. The molecule has 1 aromatic carbocycles. The number of amides is 1. The Labute approximate surface area is 123 Å². The average Bonchev–Trinajstić information content (AvgIpc) is 3.13. The standard InChI is InChI=1S/C16H18N2OS/c1-18(7-6-15-3-2-8-20-15)16(19)12-4-5-13-10-17-11-14(13)9-12/h2-5,8-9,17H,6-7,10-11H2,1H3. The van der Waals surface area contributed by atoms with Crippen LogP contribution in [0.15, 0.2) is 35.7 Å². The van der Waals surface area contributed by atoms with Gasteiger partial charge in [0.15, 0.2) is 0 Å². The molecule has 2 heterocycles. The largest absolute Gasteiger partial charge is 0.341 e. The molecule has 1 aliphatic rings. The van der Waals surface area contributed by atoms with Gasteiger partial charge >= 0.3 is 0 Å². The van der Waals surface area contributed by atoms with Gasteiger partial charge in [0, 0.05) is 37.1 Å². The van der Waals surface area contributed by atoms with Crippen molar-refractivity contribution in [3.8, 4) is 0 Å². The topological polar surface area (TPSA) is 32.3 Å². The Balaban J connectivity index is 1.65. The zero-order valence-corrected chi connectivity index (χ0v) is 12.4. The summed E-state index contributed by atoms with van der Waals surface area (Å²) in [4.78, 5) is 15.5. The quantitative estimate of drug-likeness (QED) is 0.937. The van der Waals surface area contributed by atoms with Crippen LogP contribution in [0.25, 0.3) is 0 Å². The predicted molar refractivity (Wildman–Crippen MR) is 82.0 cm³/mol. The van der Waals surface area contributed by atoms with Crippen molar-refractivity contribution in [2.24, 2.45) is 0 Å². The zero-order valence-electron chi connectivity index (χ0n) is 11.6. The van der Waals surface area contributed by atoms with E-state index in [0.717, 1.165) is 31.6 Å². The van der Waals surface area contributed by atoms with E-state index in [0.29, 0.717) is 0 Å². The van der Waals surface area contributed by atoms with E-state index in [1.54, 1.807) is 11.3 Å². The first kappa shape index (κ1) is 13.3. The summed E-state index contributed by atoms with van der Waals surface area (Å²) in [6.07, 6.45) is 0.923. The van der Waals surface area contributed by atoms with Crippen LogP contribution in [0.3, 0.4) is 0 Å². The lowest BCUT2D eigenvalue weighted by molar-refractivity contribution is 0.0797. The van der Waals surface area contributed by atoms with Crippen molar-refractivity contribution >= 4 is 17.2 Å². The van der Waals surface area contributed by atoms with Crippen molar-refractivity contribution in [3.05, 3.63) is 57.3 Å². The van der Waals surface area contributed by atoms with Gasteiger partial charge in [-0.1, -0.05) is 12.1 Å².